The maximum absolute atomic E-state index is 13.2. The number of fused-ring (bicyclic) bond motifs is 2. The predicted octanol–water partition coefficient (Wildman–Crippen LogP) is 6.47. The van der Waals surface area contributed by atoms with E-state index in [1.807, 2.05) is 64.1 Å². The van der Waals surface area contributed by atoms with E-state index in [0.717, 1.165) is 34.9 Å². The van der Waals surface area contributed by atoms with Crippen molar-refractivity contribution in [1.29, 1.82) is 0 Å². The number of ether oxygens (including phenoxy) is 1. The number of carbonyl (C=O) groups is 1. The second-order valence-corrected chi connectivity index (χ2v) is 12.5. The second-order valence-electron chi connectivity index (χ2n) is 11.5. The molecule has 4 heterocycles. The summed E-state index contributed by atoms with van der Waals surface area (Å²) in [6.07, 6.45) is 2.80. The Balaban J connectivity index is 1.51. The average Bonchev–Trinajstić information content (AvgIpc) is 3.58. The molecule has 2 atom stereocenters. The molecular formula is C31H31IN6O4. The van der Waals surface area contributed by atoms with Gasteiger partial charge in [-0.2, -0.15) is 5.10 Å². The number of amides is 1. The van der Waals surface area contributed by atoms with E-state index in [9.17, 15) is 9.59 Å². The van der Waals surface area contributed by atoms with Gasteiger partial charge in [-0.3, -0.25) is 0 Å². The zero-order chi connectivity index (χ0) is 29.8. The topological polar surface area (TPSA) is 129 Å². The Morgan fingerprint density at radius 3 is 2.67 bits per heavy atom. The van der Waals surface area contributed by atoms with Crippen molar-refractivity contribution in [3.63, 3.8) is 0 Å². The maximum Gasteiger partial charge on any atom is 0.410 e. The molecule has 11 heteroatoms. The van der Waals surface area contributed by atoms with Crippen LogP contribution in [0.25, 0.3) is 32.9 Å². The van der Waals surface area contributed by atoms with Crippen LogP contribution in [0.2, 0.25) is 0 Å². The van der Waals surface area contributed by atoms with Crippen molar-refractivity contribution in [3.8, 4) is 11.1 Å². The fraction of sp³-hybridized carbons (Fsp3) is 0.323. The summed E-state index contributed by atoms with van der Waals surface area (Å²) >= 11 is 2.11. The van der Waals surface area contributed by atoms with E-state index in [1.54, 1.807) is 15.6 Å². The number of benzene rings is 2. The number of hydrogen-bond acceptors (Lipinski definition) is 8. The van der Waals surface area contributed by atoms with Crippen LogP contribution in [0.1, 0.15) is 63.9 Å². The van der Waals surface area contributed by atoms with E-state index in [-0.39, 0.29) is 12.1 Å². The molecule has 10 nitrogen and oxygen atoms in total. The Labute approximate surface area is 256 Å². The quantitative estimate of drug-likeness (QED) is 0.214. The normalized spacial score (nSPS) is 16.3. The smallest absolute Gasteiger partial charge is 0.410 e. The highest BCUT2D eigenvalue weighted by molar-refractivity contribution is 14.1. The summed E-state index contributed by atoms with van der Waals surface area (Å²) in [5, 5.41) is 6.61. The van der Waals surface area contributed by atoms with Crippen molar-refractivity contribution in [2.24, 2.45) is 0 Å². The van der Waals surface area contributed by atoms with Crippen molar-refractivity contribution >= 4 is 56.3 Å². The lowest BCUT2D eigenvalue weighted by atomic mass is 9.93. The molecule has 3 aromatic heterocycles. The Morgan fingerprint density at radius 2 is 1.90 bits per heavy atom. The Hall–Kier alpha value is -4.00. The van der Waals surface area contributed by atoms with Gasteiger partial charge in [0, 0.05) is 17.5 Å². The van der Waals surface area contributed by atoms with Crippen molar-refractivity contribution in [2.75, 3.05) is 12.3 Å². The van der Waals surface area contributed by atoms with E-state index in [1.165, 1.54) is 6.33 Å². The van der Waals surface area contributed by atoms with Gasteiger partial charge in [-0.25, -0.2) is 24.2 Å². The van der Waals surface area contributed by atoms with Gasteiger partial charge in [0.1, 0.15) is 33.2 Å². The molecule has 2 N–H and O–H groups in total. The number of rotatable bonds is 4. The summed E-state index contributed by atoms with van der Waals surface area (Å²) in [5.74, 6) is 0.783. The van der Waals surface area contributed by atoms with Gasteiger partial charge < -0.3 is 19.8 Å². The first-order valence-corrected chi connectivity index (χ1v) is 14.9. The summed E-state index contributed by atoms with van der Waals surface area (Å²) in [4.78, 5) is 36.7. The molecule has 0 aliphatic carbocycles. The standard InChI is InChI=1S/C31H31IN6O4/c1-17(38-28-24(26(32)36-38)27(33)34-16-35-28)25-23(20-11-5-6-12-21(20)29(39)41-25)19-10-7-9-18(15-19)22-13-8-14-37(22)30(40)42-31(2,3)4/h5-7,9-12,15-17,22H,8,13-14H2,1-4H3,(H2,33,34,35). The van der Waals surface area contributed by atoms with Crippen LogP contribution >= 0.6 is 22.6 Å². The number of hydrogen-bond donors (Lipinski definition) is 1. The van der Waals surface area contributed by atoms with Gasteiger partial charge in [-0.05, 0) is 86.4 Å². The zero-order valence-corrected chi connectivity index (χ0v) is 26.0. The van der Waals surface area contributed by atoms with E-state index in [4.69, 9.17) is 20.0 Å². The number of nitrogens with zero attached hydrogens (tertiary/aromatic N) is 5. The summed E-state index contributed by atoms with van der Waals surface area (Å²) in [7, 11) is 0. The largest absolute Gasteiger partial charge is 0.444 e. The molecule has 1 saturated heterocycles. The molecule has 0 spiro atoms. The molecule has 0 saturated carbocycles. The van der Waals surface area contributed by atoms with Gasteiger partial charge in [0.05, 0.1) is 16.8 Å². The minimum Gasteiger partial charge on any atom is -0.444 e. The number of carbonyl (C=O) groups excluding carboxylic acids is 1. The monoisotopic (exact) mass is 678 g/mol. The number of anilines is 1. The number of aromatic nitrogens is 4. The van der Waals surface area contributed by atoms with E-state index in [2.05, 4.69) is 38.6 Å². The lowest BCUT2D eigenvalue weighted by Crippen LogP contribution is -2.36. The van der Waals surface area contributed by atoms with Crippen molar-refractivity contribution in [1.82, 2.24) is 24.6 Å². The first-order chi connectivity index (χ1) is 20.0. The van der Waals surface area contributed by atoms with Gasteiger partial charge >= 0.3 is 11.7 Å². The van der Waals surface area contributed by atoms with Crippen LogP contribution in [0.4, 0.5) is 10.6 Å². The van der Waals surface area contributed by atoms with E-state index < -0.39 is 17.3 Å². The van der Waals surface area contributed by atoms with Gasteiger partial charge in [-0.1, -0.05) is 36.4 Å². The highest BCUT2D eigenvalue weighted by Gasteiger charge is 2.34. The van der Waals surface area contributed by atoms with E-state index >= 15 is 0 Å². The summed E-state index contributed by atoms with van der Waals surface area (Å²) in [6.45, 7) is 8.17. The van der Waals surface area contributed by atoms with Crippen molar-refractivity contribution in [3.05, 3.63) is 80.3 Å². The molecule has 0 bridgehead atoms. The maximum atomic E-state index is 13.2. The van der Waals surface area contributed by atoms with Crippen molar-refractivity contribution in [2.45, 2.75) is 58.2 Å². The first-order valence-electron chi connectivity index (χ1n) is 13.8. The Bertz CT molecular complexity index is 1890. The van der Waals surface area contributed by atoms with Crippen LogP contribution < -0.4 is 11.4 Å². The summed E-state index contributed by atoms with van der Waals surface area (Å²) in [5.41, 5.74) is 8.33. The number of halogens is 1. The molecule has 1 aliphatic heterocycles. The van der Waals surface area contributed by atoms with Gasteiger partial charge in [0.2, 0.25) is 0 Å². The zero-order valence-electron chi connectivity index (χ0n) is 23.8. The molecule has 6 rings (SSSR count). The molecule has 2 aromatic carbocycles. The third-order valence-corrected chi connectivity index (χ3v) is 8.28. The molecule has 2 unspecified atom stereocenters. The lowest BCUT2D eigenvalue weighted by molar-refractivity contribution is 0.0224. The molecule has 1 aliphatic rings. The number of nitrogens with two attached hydrogens (primary N) is 1. The summed E-state index contributed by atoms with van der Waals surface area (Å²) in [6, 6.07) is 14.9. The first kappa shape index (κ1) is 28.1. The third kappa shape index (κ3) is 4.99. The van der Waals surface area contributed by atoms with Crippen LogP contribution in [0.15, 0.2) is 64.1 Å². The van der Waals surface area contributed by atoms with Crippen LogP contribution in [-0.2, 0) is 4.74 Å². The molecule has 0 radical (unpaired) electrons. The fourth-order valence-electron chi connectivity index (χ4n) is 5.70. The Kier molecular flexibility index (Phi) is 7.16. The molecule has 42 heavy (non-hydrogen) atoms. The average molecular weight is 679 g/mol. The van der Waals surface area contributed by atoms with Crippen LogP contribution in [0.3, 0.4) is 0 Å². The number of nitrogen functional groups attached to an aromatic ring is 1. The highest BCUT2D eigenvalue weighted by Crippen LogP contribution is 2.40. The second kappa shape index (κ2) is 10.7. The number of likely N-dealkylation sites (tertiary alicyclic amines) is 1. The van der Waals surface area contributed by atoms with Crippen LogP contribution in [0.5, 0.6) is 0 Å². The van der Waals surface area contributed by atoms with Crippen LogP contribution in [0, 0.1) is 3.70 Å². The molecule has 1 amide bonds. The summed E-state index contributed by atoms with van der Waals surface area (Å²) < 4.78 is 14.2. The minimum absolute atomic E-state index is 0.126. The lowest BCUT2D eigenvalue weighted by Gasteiger charge is -2.29. The Morgan fingerprint density at radius 1 is 1.14 bits per heavy atom. The van der Waals surface area contributed by atoms with Crippen LogP contribution in [-0.4, -0.2) is 42.9 Å². The molecule has 1 fully saturated rings. The minimum atomic E-state index is -0.582. The predicted molar refractivity (Wildman–Crippen MR) is 169 cm³/mol. The van der Waals surface area contributed by atoms with Gasteiger partial charge in [-0.15, -0.1) is 0 Å². The molecule has 216 valence electrons. The van der Waals surface area contributed by atoms with Gasteiger partial charge in [0.15, 0.2) is 5.65 Å². The SMILES string of the molecule is CC(c1oc(=O)c2ccccc2c1-c1cccc(C2CCCN2C(=O)OC(C)(C)C)c1)n1nc(I)c2c(N)ncnc21. The fourth-order valence-corrected chi connectivity index (χ4v) is 6.45. The highest BCUT2D eigenvalue weighted by atomic mass is 127. The molecular weight excluding hydrogens is 647 g/mol. The van der Waals surface area contributed by atoms with Crippen molar-refractivity contribution < 1.29 is 13.9 Å². The molecule has 5 aromatic rings. The van der Waals surface area contributed by atoms with Gasteiger partial charge in [0.25, 0.3) is 0 Å². The third-order valence-electron chi connectivity index (χ3n) is 7.53. The van der Waals surface area contributed by atoms with E-state index in [0.29, 0.717) is 38.2 Å².